The molecule has 2 saturated heterocycles. The highest BCUT2D eigenvalue weighted by Gasteiger charge is 2.40. The van der Waals surface area contributed by atoms with Crippen molar-refractivity contribution in [1.29, 1.82) is 0 Å². The van der Waals surface area contributed by atoms with E-state index in [2.05, 4.69) is 20.1 Å². The summed E-state index contributed by atoms with van der Waals surface area (Å²) in [5.74, 6) is -0.795. The predicted octanol–water partition coefficient (Wildman–Crippen LogP) is 3.41. The number of carbonyl (C=O) groups is 1. The third kappa shape index (κ3) is 5.78. The van der Waals surface area contributed by atoms with E-state index in [1.807, 2.05) is 25.1 Å². The molecule has 0 spiro atoms. The number of likely N-dealkylation sites (tertiary alicyclic amines) is 2. The first-order valence-corrected chi connectivity index (χ1v) is 14.3. The van der Waals surface area contributed by atoms with Gasteiger partial charge in [0, 0.05) is 32.3 Å². The van der Waals surface area contributed by atoms with Crippen LogP contribution in [0.1, 0.15) is 43.3 Å². The van der Waals surface area contributed by atoms with Gasteiger partial charge in [-0.05, 0) is 62.7 Å². The Hall–Kier alpha value is -3.45. The van der Waals surface area contributed by atoms with Crippen molar-refractivity contribution in [3.8, 4) is 11.5 Å². The number of rotatable bonds is 8. The topological polar surface area (TPSA) is 113 Å². The van der Waals surface area contributed by atoms with Gasteiger partial charge in [-0.2, -0.15) is 8.78 Å². The lowest BCUT2D eigenvalue weighted by Crippen LogP contribution is -2.62. The molecule has 1 aromatic carbocycles. The monoisotopic (exact) mass is 560 g/mol. The van der Waals surface area contributed by atoms with Gasteiger partial charge in [0.15, 0.2) is 0 Å². The number of alkyl halides is 2. The second-order valence-electron chi connectivity index (χ2n) is 9.99. The third-order valence-corrected chi connectivity index (χ3v) is 9.59. The minimum Gasteiger partial charge on any atom is -0.415 e. The molecular weight excluding hydrogens is 530 g/mol. The van der Waals surface area contributed by atoms with E-state index >= 15 is 0 Å². The number of carbonyl (C=O) groups excluding carboxylic acids is 1. The van der Waals surface area contributed by atoms with Crippen LogP contribution in [0, 0.1) is 6.92 Å². The Balaban J connectivity index is 1.32. The number of benzene rings is 1. The highest BCUT2D eigenvalue weighted by atomic mass is 32.2. The standard InChI is InChI=1S/C26H30F2N6O4S/c1-17-4-3-5-21(12-17)34(14-20-7-6-19(13-29-20)25-30-31-26(38-25)24(27)28)39(36,37)23-8-10-32(11-9-23)22-15-33(16-22)18(2)35/h3-7,12-13,22-24H,8-11,14-16H2,1-2H3. The molecule has 4 heterocycles. The molecule has 0 atom stereocenters. The number of anilines is 1. The van der Waals surface area contributed by atoms with Crippen LogP contribution in [0.15, 0.2) is 47.0 Å². The lowest BCUT2D eigenvalue weighted by molar-refractivity contribution is -0.136. The Morgan fingerprint density at radius 1 is 1.15 bits per heavy atom. The summed E-state index contributed by atoms with van der Waals surface area (Å²) in [6.45, 7) is 6.16. The van der Waals surface area contributed by atoms with Crippen molar-refractivity contribution in [1.82, 2.24) is 25.0 Å². The number of aryl methyl sites for hydroxylation is 1. The maximum absolute atomic E-state index is 14.0. The Morgan fingerprint density at radius 3 is 2.49 bits per heavy atom. The Morgan fingerprint density at radius 2 is 1.90 bits per heavy atom. The molecule has 0 radical (unpaired) electrons. The summed E-state index contributed by atoms with van der Waals surface area (Å²) in [4.78, 5) is 20.0. The SMILES string of the molecule is CC(=O)N1CC(N2CCC(S(=O)(=O)N(Cc3ccc(-c4nnc(C(F)F)o4)cn3)c3cccc(C)c3)CC2)C1. The lowest BCUT2D eigenvalue weighted by atomic mass is 10.0. The van der Waals surface area contributed by atoms with Gasteiger partial charge in [-0.1, -0.05) is 12.1 Å². The number of hydrogen-bond acceptors (Lipinski definition) is 8. The summed E-state index contributed by atoms with van der Waals surface area (Å²) >= 11 is 0. The van der Waals surface area contributed by atoms with Gasteiger partial charge in [-0.25, -0.2) is 8.42 Å². The van der Waals surface area contributed by atoms with Gasteiger partial charge in [0.1, 0.15) is 0 Å². The summed E-state index contributed by atoms with van der Waals surface area (Å²) < 4.78 is 59.9. The number of amides is 1. The summed E-state index contributed by atoms with van der Waals surface area (Å²) in [5.41, 5.74) is 2.32. The van der Waals surface area contributed by atoms with Crippen LogP contribution in [0.2, 0.25) is 0 Å². The fourth-order valence-electron chi connectivity index (χ4n) is 5.00. The summed E-state index contributed by atoms with van der Waals surface area (Å²) in [6.07, 6.45) is -0.475. The van der Waals surface area contributed by atoms with Crippen LogP contribution in [0.25, 0.3) is 11.5 Å². The fourth-order valence-corrected chi connectivity index (χ4v) is 6.89. The first-order chi connectivity index (χ1) is 18.6. The molecule has 0 N–H and O–H groups in total. The van der Waals surface area contributed by atoms with E-state index in [1.165, 1.54) is 10.5 Å². The highest BCUT2D eigenvalue weighted by molar-refractivity contribution is 7.93. The van der Waals surface area contributed by atoms with Crippen molar-refractivity contribution in [3.63, 3.8) is 0 Å². The third-order valence-electron chi connectivity index (χ3n) is 7.32. The minimum atomic E-state index is -3.74. The van der Waals surface area contributed by atoms with Crippen molar-refractivity contribution in [2.75, 3.05) is 30.5 Å². The molecule has 0 aliphatic carbocycles. The zero-order valence-electron chi connectivity index (χ0n) is 21.7. The zero-order valence-corrected chi connectivity index (χ0v) is 22.5. The fraction of sp³-hybridized carbons (Fsp3) is 0.462. The summed E-state index contributed by atoms with van der Waals surface area (Å²) in [5, 5.41) is 6.41. The molecule has 2 aliphatic rings. The first kappa shape index (κ1) is 27.1. The van der Waals surface area contributed by atoms with Crippen LogP contribution in [-0.2, 0) is 21.4 Å². The number of hydrogen-bond donors (Lipinski definition) is 0. The largest absolute Gasteiger partial charge is 0.415 e. The van der Waals surface area contributed by atoms with Gasteiger partial charge in [0.25, 0.3) is 5.89 Å². The molecule has 39 heavy (non-hydrogen) atoms. The van der Waals surface area contributed by atoms with E-state index in [0.717, 1.165) is 5.56 Å². The number of nitrogens with zero attached hydrogens (tertiary/aromatic N) is 6. The molecular formula is C26H30F2N6O4S. The van der Waals surface area contributed by atoms with Gasteiger partial charge in [0.05, 0.1) is 28.7 Å². The summed E-state index contributed by atoms with van der Waals surface area (Å²) in [7, 11) is -3.74. The smallest absolute Gasteiger partial charge is 0.314 e. The Labute approximate surface area is 225 Å². The average molecular weight is 561 g/mol. The molecule has 0 unspecified atom stereocenters. The molecule has 2 aromatic heterocycles. The maximum atomic E-state index is 14.0. The lowest BCUT2D eigenvalue weighted by Gasteiger charge is -2.47. The van der Waals surface area contributed by atoms with Gasteiger partial charge in [0.2, 0.25) is 21.8 Å². The molecule has 2 aliphatic heterocycles. The van der Waals surface area contributed by atoms with Crippen molar-refractivity contribution >= 4 is 21.6 Å². The molecule has 0 saturated carbocycles. The molecule has 1 amide bonds. The highest BCUT2D eigenvalue weighted by Crippen LogP contribution is 2.30. The predicted molar refractivity (Wildman–Crippen MR) is 139 cm³/mol. The van der Waals surface area contributed by atoms with E-state index in [0.29, 0.717) is 56.0 Å². The first-order valence-electron chi connectivity index (χ1n) is 12.8. The molecule has 3 aromatic rings. The van der Waals surface area contributed by atoms with E-state index < -0.39 is 27.6 Å². The average Bonchev–Trinajstić information content (AvgIpc) is 3.38. The molecule has 2 fully saturated rings. The number of piperidine rings is 1. The van der Waals surface area contributed by atoms with Crippen LogP contribution >= 0.6 is 0 Å². The van der Waals surface area contributed by atoms with Crippen LogP contribution in [0.3, 0.4) is 0 Å². The van der Waals surface area contributed by atoms with Crippen molar-refractivity contribution in [2.24, 2.45) is 0 Å². The quantitative estimate of drug-likeness (QED) is 0.412. The van der Waals surface area contributed by atoms with E-state index in [9.17, 15) is 22.0 Å². The molecule has 0 bridgehead atoms. The van der Waals surface area contributed by atoms with Gasteiger partial charge >= 0.3 is 6.43 Å². The minimum absolute atomic E-state index is 0.00853. The zero-order chi connectivity index (χ0) is 27.7. The molecule has 5 rings (SSSR count). The van der Waals surface area contributed by atoms with Crippen LogP contribution in [0.5, 0.6) is 0 Å². The van der Waals surface area contributed by atoms with Gasteiger partial charge in [-0.15, -0.1) is 10.2 Å². The van der Waals surface area contributed by atoms with Gasteiger partial charge < -0.3 is 9.32 Å². The van der Waals surface area contributed by atoms with Crippen LogP contribution < -0.4 is 4.31 Å². The van der Waals surface area contributed by atoms with E-state index in [4.69, 9.17) is 4.42 Å². The van der Waals surface area contributed by atoms with Crippen LogP contribution in [-0.4, -0.2) is 76.8 Å². The number of sulfonamides is 1. The molecule has 10 nitrogen and oxygen atoms in total. The van der Waals surface area contributed by atoms with E-state index in [1.54, 1.807) is 30.0 Å². The van der Waals surface area contributed by atoms with Gasteiger partial charge in [-0.3, -0.25) is 19.0 Å². The normalized spacial score (nSPS) is 17.4. The Kier molecular flexibility index (Phi) is 7.63. The maximum Gasteiger partial charge on any atom is 0.314 e. The summed E-state index contributed by atoms with van der Waals surface area (Å²) in [6, 6.07) is 10.8. The molecule has 13 heteroatoms. The van der Waals surface area contributed by atoms with Crippen molar-refractivity contribution in [3.05, 3.63) is 59.7 Å². The molecule has 208 valence electrons. The number of halogens is 2. The second kappa shape index (κ2) is 11.0. The van der Waals surface area contributed by atoms with E-state index in [-0.39, 0.29) is 24.4 Å². The van der Waals surface area contributed by atoms with Crippen molar-refractivity contribution in [2.45, 2.75) is 51.0 Å². The number of aromatic nitrogens is 3. The van der Waals surface area contributed by atoms with Crippen molar-refractivity contribution < 1.29 is 26.4 Å². The Bertz CT molecular complexity index is 1420. The van der Waals surface area contributed by atoms with Crippen LogP contribution in [0.4, 0.5) is 14.5 Å². The second-order valence-corrected chi connectivity index (χ2v) is 12.1. The number of pyridine rings is 1.